The summed E-state index contributed by atoms with van der Waals surface area (Å²) >= 11 is 1.23. The smallest absolute Gasteiger partial charge is 0.348 e. The summed E-state index contributed by atoms with van der Waals surface area (Å²) in [7, 11) is 0. The molecular weight excluding hydrogens is 324 g/mol. The van der Waals surface area contributed by atoms with Crippen LogP contribution in [0.25, 0.3) is 10.2 Å². The predicted octanol–water partition coefficient (Wildman–Crippen LogP) is 4.30. The lowest BCUT2D eigenvalue weighted by molar-refractivity contribution is 0.0531. The van der Waals surface area contributed by atoms with Gasteiger partial charge < -0.3 is 4.74 Å². The summed E-state index contributed by atoms with van der Waals surface area (Å²) in [5, 5.41) is 0.552. The molecule has 0 unspecified atom stereocenters. The van der Waals surface area contributed by atoms with Gasteiger partial charge in [-0.2, -0.15) is 0 Å². The molecular formula is C18H26N2O3S. The van der Waals surface area contributed by atoms with Gasteiger partial charge in [0.1, 0.15) is 9.71 Å². The first-order valence-electron chi connectivity index (χ1n) is 8.75. The summed E-state index contributed by atoms with van der Waals surface area (Å²) < 4.78 is 6.72. The number of esters is 1. The van der Waals surface area contributed by atoms with E-state index in [1.165, 1.54) is 37.0 Å². The summed E-state index contributed by atoms with van der Waals surface area (Å²) in [5.74, 6) is -0.375. The Hall–Kier alpha value is -1.69. The number of ether oxygens (including phenoxy) is 1. The molecule has 132 valence electrons. The van der Waals surface area contributed by atoms with Crippen LogP contribution in [0, 0.1) is 6.92 Å². The Morgan fingerprint density at radius 3 is 2.62 bits per heavy atom. The number of thiophene rings is 1. The molecule has 2 aromatic rings. The standard InChI is InChI=1S/C18H26N2O3S/c1-4-6-7-8-9-10-11-20-12-19-16-14(17(20)21)13(3)15(24-16)18(22)23-5-2/h12H,4-11H2,1-3H3. The minimum Gasteiger partial charge on any atom is -0.462 e. The summed E-state index contributed by atoms with van der Waals surface area (Å²) in [6.45, 7) is 6.77. The number of aryl methyl sites for hydroxylation is 2. The number of nitrogens with zero attached hydrogens (tertiary/aromatic N) is 2. The zero-order chi connectivity index (χ0) is 17.5. The van der Waals surface area contributed by atoms with Crippen LogP contribution >= 0.6 is 11.3 Å². The first-order chi connectivity index (χ1) is 11.6. The number of fused-ring (bicyclic) bond motifs is 1. The third-order valence-electron chi connectivity index (χ3n) is 4.13. The lowest BCUT2D eigenvalue weighted by Gasteiger charge is -2.05. The monoisotopic (exact) mass is 350 g/mol. The van der Waals surface area contributed by atoms with Crippen molar-refractivity contribution >= 4 is 27.5 Å². The number of carbonyl (C=O) groups excluding carboxylic acids is 1. The van der Waals surface area contributed by atoms with Gasteiger partial charge in [-0.15, -0.1) is 11.3 Å². The second-order valence-electron chi connectivity index (χ2n) is 5.97. The minimum atomic E-state index is -0.375. The van der Waals surface area contributed by atoms with Gasteiger partial charge in [0.25, 0.3) is 5.56 Å². The van der Waals surface area contributed by atoms with Crippen molar-refractivity contribution in [3.05, 3.63) is 27.1 Å². The van der Waals surface area contributed by atoms with Gasteiger partial charge in [0.15, 0.2) is 0 Å². The van der Waals surface area contributed by atoms with Crippen molar-refractivity contribution in [1.82, 2.24) is 9.55 Å². The third kappa shape index (κ3) is 4.23. The van der Waals surface area contributed by atoms with E-state index in [0.717, 1.165) is 12.8 Å². The van der Waals surface area contributed by atoms with Gasteiger partial charge in [-0.25, -0.2) is 9.78 Å². The molecule has 0 aromatic carbocycles. The number of carbonyl (C=O) groups is 1. The van der Waals surface area contributed by atoms with Crippen molar-refractivity contribution in [2.75, 3.05) is 6.61 Å². The molecule has 0 radical (unpaired) electrons. The largest absolute Gasteiger partial charge is 0.462 e. The minimum absolute atomic E-state index is 0.0575. The zero-order valence-corrected chi connectivity index (χ0v) is 15.6. The van der Waals surface area contributed by atoms with Crippen LogP contribution in [0.2, 0.25) is 0 Å². The van der Waals surface area contributed by atoms with Crippen molar-refractivity contribution < 1.29 is 9.53 Å². The van der Waals surface area contributed by atoms with E-state index in [1.807, 2.05) is 0 Å². The van der Waals surface area contributed by atoms with E-state index < -0.39 is 0 Å². The van der Waals surface area contributed by atoms with E-state index >= 15 is 0 Å². The van der Waals surface area contributed by atoms with Gasteiger partial charge in [-0.05, 0) is 25.8 Å². The molecule has 6 heteroatoms. The topological polar surface area (TPSA) is 61.2 Å². The van der Waals surface area contributed by atoms with E-state index in [9.17, 15) is 9.59 Å². The van der Waals surface area contributed by atoms with Gasteiger partial charge in [0, 0.05) is 6.54 Å². The molecule has 0 N–H and O–H groups in total. The Morgan fingerprint density at radius 2 is 1.92 bits per heavy atom. The second-order valence-corrected chi connectivity index (χ2v) is 6.97. The van der Waals surface area contributed by atoms with Crippen LogP contribution in [-0.2, 0) is 11.3 Å². The second kappa shape index (κ2) is 8.97. The van der Waals surface area contributed by atoms with Crippen LogP contribution in [0.4, 0.5) is 0 Å². The van der Waals surface area contributed by atoms with Gasteiger partial charge in [-0.1, -0.05) is 39.0 Å². The highest BCUT2D eigenvalue weighted by molar-refractivity contribution is 7.20. The summed E-state index contributed by atoms with van der Waals surface area (Å²) in [5.41, 5.74) is 0.626. The normalized spacial score (nSPS) is 11.1. The third-order valence-corrected chi connectivity index (χ3v) is 5.31. The maximum absolute atomic E-state index is 12.7. The Bertz CT molecular complexity index is 749. The molecule has 2 aromatic heterocycles. The first-order valence-corrected chi connectivity index (χ1v) is 9.57. The molecule has 0 aliphatic heterocycles. The average molecular weight is 350 g/mol. The Labute approximate surface area is 146 Å². The maximum atomic E-state index is 12.7. The summed E-state index contributed by atoms with van der Waals surface area (Å²) in [6, 6.07) is 0. The quantitative estimate of drug-likeness (QED) is 0.499. The average Bonchev–Trinajstić information content (AvgIpc) is 2.90. The molecule has 0 atom stereocenters. The number of hydrogen-bond donors (Lipinski definition) is 0. The van der Waals surface area contributed by atoms with Gasteiger partial charge in [0.05, 0.1) is 18.3 Å². The fourth-order valence-electron chi connectivity index (χ4n) is 2.77. The number of rotatable bonds is 9. The molecule has 0 saturated heterocycles. The Morgan fingerprint density at radius 1 is 1.21 bits per heavy atom. The van der Waals surface area contributed by atoms with Gasteiger partial charge in [0.2, 0.25) is 0 Å². The van der Waals surface area contributed by atoms with Crippen LogP contribution in [0.1, 0.15) is 67.6 Å². The van der Waals surface area contributed by atoms with E-state index in [-0.39, 0.29) is 11.5 Å². The number of hydrogen-bond acceptors (Lipinski definition) is 5. The van der Waals surface area contributed by atoms with Crippen molar-refractivity contribution in [2.24, 2.45) is 0 Å². The van der Waals surface area contributed by atoms with Crippen molar-refractivity contribution in [1.29, 1.82) is 0 Å². The van der Waals surface area contributed by atoms with E-state index in [0.29, 0.717) is 33.8 Å². The lowest BCUT2D eigenvalue weighted by Crippen LogP contribution is -2.20. The van der Waals surface area contributed by atoms with Crippen molar-refractivity contribution in [3.8, 4) is 0 Å². The highest BCUT2D eigenvalue weighted by Gasteiger charge is 2.20. The van der Waals surface area contributed by atoms with Crippen LogP contribution in [0.5, 0.6) is 0 Å². The summed E-state index contributed by atoms with van der Waals surface area (Å²) in [4.78, 5) is 30.1. The van der Waals surface area contributed by atoms with Crippen LogP contribution in [-0.4, -0.2) is 22.1 Å². The molecule has 0 spiro atoms. The SMILES string of the molecule is CCCCCCCCn1cnc2sc(C(=O)OCC)c(C)c2c1=O. The molecule has 2 rings (SSSR count). The molecule has 5 nitrogen and oxygen atoms in total. The van der Waals surface area contributed by atoms with Crippen LogP contribution in [0.3, 0.4) is 0 Å². The number of unbranched alkanes of at least 4 members (excludes halogenated alkanes) is 5. The maximum Gasteiger partial charge on any atom is 0.348 e. The van der Waals surface area contributed by atoms with Gasteiger partial charge in [-0.3, -0.25) is 9.36 Å². The fourth-order valence-corrected chi connectivity index (χ4v) is 3.81. The van der Waals surface area contributed by atoms with Crippen molar-refractivity contribution in [3.63, 3.8) is 0 Å². The number of aromatic nitrogens is 2. The highest BCUT2D eigenvalue weighted by Crippen LogP contribution is 2.27. The summed E-state index contributed by atoms with van der Waals surface area (Å²) in [6.07, 6.45) is 8.68. The molecule has 24 heavy (non-hydrogen) atoms. The Balaban J connectivity index is 2.13. The molecule has 0 aliphatic carbocycles. The van der Waals surface area contributed by atoms with Crippen LogP contribution < -0.4 is 5.56 Å². The molecule has 0 saturated carbocycles. The lowest BCUT2D eigenvalue weighted by atomic mass is 10.1. The molecule has 0 fully saturated rings. The molecule has 0 bridgehead atoms. The van der Waals surface area contributed by atoms with E-state index in [4.69, 9.17) is 4.74 Å². The zero-order valence-electron chi connectivity index (χ0n) is 14.8. The Kier molecular flexibility index (Phi) is 6.97. The predicted molar refractivity (Wildman–Crippen MR) is 97.9 cm³/mol. The molecule has 2 heterocycles. The van der Waals surface area contributed by atoms with Crippen molar-refractivity contribution in [2.45, 2.75) is 65.8 Å². The molecule has 0 amide bonds. The fraction of sp³-hybridized carbons (Fsp3) is 0.611. The first kappa shape index (κ1) is 18.6. The van der Waals surface area contributed by atoms with Gasteiger partial charge >= 0.3 is 5.97 Å². The highest BCUT2D eigenvalue weighted by atomic mass is 32.1. The van der Waals surface area contributed by atoms with Crippen LogP contribution in [0.15, 0.2) is 11.1 Å². The van der Waals surface area contributed by atoms with E-state index in [1.54, 1.807) is 24.7 Å². The van der Waals surface area contributed by atoms with E-state index in [2.05, 4.69) is 11.9 Å². The molecule has 0 aliphatic rings.